The highest BCUT2D eigenvalue weighted by Crippen LogP contribution is 2.36. The maximum Gasteiger partial charge on any atom is 0.262 e. The molecule has 4 aromatic carbocycles. The van der Waals surface area contributed by atoms with E-state index in [-0.39, 0.29) is 41.5 Å². The van der Waals surface area contributed by atoms with Crippen molar-refractivity contribution in [3.63, 3.8) is 0 Å². The predicted octanol–water partition coefficient (Wildman–Crippen LogP) is 5.81. The lowest BCUT2D eigenvalue weighted by molar-refractivity contribution is -0.136. The van der Waals surface area contributed by atoms with Crippen molar-refractivity contribution in [2.45, 2.75) is 63.1 Å². The first-order valence-electron chi connectivity index (χ1n) is 17.3. The Morgan fingerprint density at radius 2 is 1.35 bits per heavy atom. The number of aromatic nitrogens is 3. The normalized spacial score (nSPS) is 19.9. The van der Waals surface area contributed by atoms with Crippen molar-refractivity contribution < 1.29 is 28.7 Å². The zero-order valence-electron chi connectivity index (χ0n) is 28.6. The number of amides is 4. The first-order valence-corrected chi connectivity index (χ1v) is 17.3. The standard InChI is InChI=1S/C40H36N6O6/c1-40(2,24-3-10-29(11-4-24)51-31-14-8-28(9-15-31)46-41-19-20-42-46)25-5-12-30(13-6-25)52-32-21-27(22-32)43-26-7-16-33-34(23-26)39(50)45(38(33)49)35-17-18-36(47)44-37(35)48/h3-16,19-20,23,27,32,35,43H,17-18,21-22H2,1-2H3,(H,44,47,48)/t27-,32-,35?. The molecule has 0 radical (unpaired) electrons. The summed E-state index contributed by atoms with van der Waals surface area (Å²) in [4.78, 5) is 52.6. The monoisotopic (exact) mass is 696 g/mol. The van der Waals surface area contributed by atoms with E-state index in [1.54, 1.807) is 35.4 Å². The number of rotatable bonds is 10. The summed E-state index contributed by atoms with van der Waals surface area (Å²) in [7, 11) is 0. The van der Waals surface area contributed by atoms with E-state index in [9.17, 15) is 19.2 Å². The molecule has 52 heavy (non-hydrogen) atoms. The Kier molecular flexibility index (Phi) is 8.29. The Morgan fingerprint density at radius 3 is 1.98 bits per heavy atom. The average Bonchev–Trinajstić information content (AvgIpc) is 3.75. The van der Waals surface area contributed by atoms with Crippen molar-refractivity contribution in [1.82, 2.24) is 25.2 Å². The average molecular weight is 697 g/mol. The Morgan fingerprint density at radius 1 is 0.750 bits per heavy atom. The number of imide groups is 2. The van der Waals surface area contributed by atoms with Gasteiger partial charge in [-0.1, -0.05) is 38.1 Å². The van der Waals surface area contributed by atoms with Gasteiger partial charge in [0.25, 0.3) is 11.8 Å². The number of hydrogen-bond acceptors (Lipinski definition) is 9. The molecule has 2 N–H and O–H groups in total. The van der Waals surface area contributed by atoms with Gasteiger partial charge in [0, 0.05) is 36.4 Å². The van der Waals surface area contributed by atoms with Gasteiger partial charge >= 0.3 is 0 Å². The number of nitrogens with one attached hydrogen (secondary N) is 2. The summed E-state index contributed by atoms with van der Waals surface area (Å²) in [6.45, 7) is 4.38. The maximum atomic E-state index is 13.2. The summed E-state index contributed by atoms with van der Waals surface area (Å²) in [5.74, 6) is 0.218. The Hall–Kier alpha value is -6.30. The smallest absolute Gasteiger partial charge is 0.262 e. The van der Waals surface area contributed by atoms with Gasteiger partial charge < -0.3 is 14.8 Å². The molecule has 2 aliphatic heterocycles. The molecule has 8 rings (SSSR count). The van der Waals surface area contributed by atoms with Crippen LogP contribution in [-0.2, 0) is 15.0 Å². The van der Waals surface area contributed by atoms with Crippen molar-refractivity contribution in [3.8, 4) is 22.9 Å². The quantitative estimate of drug-likeness (QED) is 0.173. The van der Waals surface area contributed by atoms with Crippen LogP contribution in [0.25, 0.3) is 5.69 Å². The minimum absolute atomic E-state index is 0.0444. The lowest BCUT2D eigenvalue weighted by Crippen LogP contribution is -2.54. The van der Waals surface area contributed by atoms with Gasteiger partial charge in [0.15, 0.2) is 0 Å². The molecule has 1 saturated carbocycles. The van der Waals surface area contributed by atoms with Gasteiger partial charge in [-0.3, -0.25) is 29.4 Å². The Labute approximate surface area is 299 Å². The molecular formula is C40H36N6O6. The molecule has 0 bridgehead atoms. The van der Waals surface area contributed by atoms with Crippen LogP contribution in [0.15, 0.2) is 103 Å². The Bertz CT molecular complexity index is 2160. The lowest BCUT2D eigenvalue weighted by atomic mass is 9.78. The van der Waals surface area contributed by atoms with Crippen LogP contribution in [0.4, 0.5) is 5.69 Å². The van der Waals surface area contributed by atoms with E-state index in [0.717, 1.165) is 57.5 Å². The van der Waals surface area contributed by atoms with Crippen LogP contribution in [0.2, 0.25) is 0 Å². The molecule has 1 unspecified atom stereocenters. The van der Waals surface area contributed by atoms with Crippen LogP contribution in [-0.4, -0.2) is 61.7 Å². The third-order valence-corrected chi connectivity index (χ3v) is 10.1. The molecule has 12 nitrogen and oxygen atoms in total. The highest BCUT2D eigenvalue weighted by atomic mass is 16.5. The fraction of sp³-hybridized carbons (Fsp3) is 0.250. The predicted molar refractivity (Wildman–Crippen MR) is 191 cm³/mol. The molecule has 0 spiro atoms. The van der Waals surface area contributed by atoms with Gasteiger partial charge in [0.2, 0.25) is 11.8 Å². The number of hydrogen-bond donors (Lipinski definition) is 2. The second kappa shape index (κ2) is 13.1. The largest absolute Gasteiger partial charge is 0.490 e. The first-order chi connectivity index (χ1) is 25.1. The van der Waals surface area contributed by atoms with E-state index >= 15 is 0 Å². The van der Waals surface area contributed by atoms with Gasteiger partial charge in [-0.15, -0.1) is 0 Å². The van der Waals surface area contributed by atoms with E-state index in [2.05, 4.69) is 58.9 Å². The van der Waals surface area contributed by atoms with Crippen molar-refractivity contribution in [2.75, 3.05) is 5.32 Å². The Balaban J connectivity index is 0.831. The summed E-state index contributed by atoms with van der Waals surface area (Å²) < 4.78 is 12.3. The second-order valence-electron chi connectivity index (χ2n) is 13.8. The molecule has 12 heteroatoms. The number of nitrogens with zero attached hydrogens (tertiary/aromatic N) is 4. The molecule has 5 aromatic rings. The van der Waals surface area contributed by atoms with E-state index in [1.165, 1.54) is 0 Å². The van der Waals surface area contributed by atoms with Crippen LogP contribution < -0.4 is 20.1 Å². The number of ether oxygens (including phenoxy) is 2. The fourth-order valence-corrected chi connectivity index (χ4v) is 6.96. The summed E-state index contributed by atoms with van der Waals surface area (Å²) >= 11 is 0. The molecule has 1 aliphatic carbocycles. The molecule has 1 saturated heterocycles. The molecule has 4 amide bonds. The summed E-state index contributed by atoms with van der Waals surface area (Å²) in [5, 5.41) is 14.0. The zero-order chi connectivity index (χ0) is 36.0. The zero-order valence-corrected chi connectivity index (χ0v) is 28.6. The van der Waals surface area contributed by atoms with Gasteiger partial charge in [0.05, 0.1) is 29.2 Å². The van der Waals surface area contributed by atoms with Crippen LogP contribution in [0, 0.1) is 0 Å². The maximum absolute atomic E-state index is 13.2. The van der Waals surface area contributed by atoms with E-state index in [0.29, 0.717) is 0 Å². The number of carbonyl (C=O) groups excluding carboxylic acids is 4. The topological polar surface area (TPSA) is 145 Å². The molecule has 262 valence electrons. The molecule has 2 fully saturated rings. The lowest BCUT2D eigenvalue weighted by Gasteiger charge is -2.36. The van der Waals surface area contributed by atoms with Gasteiger partial charge in [-0.25, -0.2) is 0 Å². The number of anilines is 1. The highest BCUT2D eigenvalue weighted by Gasteiger charge is 2.45. The van der Waals surface area contributed by atoms with Crippen molar-refractivity contribution in [3.05, 3.63) is 126 Å². The minimum atomic E-state index is -0.985. The van der Waals surface area contributed by atoms with Crippen LogP contribution >= 0.6 is 0 Å². The van der Waals surface area contributed by atoms with E-state index < -0.39 is 29.7 Å². The molecule has 1 atom stereocenters. The van der Waals surface area contributed by atoms with Gasteiger partial charge in [-0.2, -0.15) is 15.0 Å². The van der Waals surface area contributed by atoms with Crippen LogP contribution in [0.5, 0.6) is 17.2 Å². The molecule has 3 heterocycles. The van der Waals surface area contributed by atoms with E-state index in [1.807, 2.05) is 48.5 Å². The SMILES string of the molecule is CC(C)(c1ccc(Oc2ccc(-n3nccn3)cc2)cc1)c1ccc(O[C@H]2C[C@H](Nc3ccc4c(c3)C(=O)N(C3CCC(=O)NC3=O)C4=O)C2)cc1. The molecule has 3 aliphatic rings. The van der Waals surface area contributed by atoms with E-state index in [4.69, 9.17) is 9.47 Å². The second-order valence-corrected chi connectivity index (χ2v) is 13.8. The van der Waals surface area contributed by atoms with Crippen LogP contribution in [0.1, 0.15) is 71.4 Å². The number of fused-ring (bicyclic) bond motifs is 1. The van der Waals surface area contributed by atoms with Crippen LogP contribution in [0.3, 0.4) is 0 Å². The van der Waals surface area contributed by atoms with Crippen molar-refractivity contribution in [2.24, 2.45) is 0 Å². The number of benzene rings is 4. The minimum Gasteiger partial charge on any atom is -0.490 e. The summed E-state index contributed by atoms with van der Waals surface area (Å²) in [5.41, 5.74) is 4.15. The highest BCUT2D eigenvalue weighted by molar-refractivity contribution is 6.23. The third kappa shape index (κ3) is 6.27. The molecular weight excluding hydrogens is 660 g/mol. The first kappa shape index (κ1) is 32.9. The number of piperidine rings is 1. The summed E-state index contributed by atoms with van der Waals surface area (Å²) in [6, 6.07) is 28.2. The van der Waals surface area contributed by atoms with Crippen molar-refractivity contribution in [1.29, 1.82) is 0 Å². The number of carbonyl (C=O) groups is 4. The fourth-order valence-electron chi connectivity index (χ4n) is 6.96. The van der Waals surface area contributed by atoms with Crippen molar-refractivity contribution >= 4 is 29.3 Å². The van der Waals surface area contributed by atoms with Gasteiger partial charge in [-0.05, 0) is 84.3 Å². The third-order valence-electron chi connectivity index (χ3n) is 10.1. The molecule has 1 aromatic heterocycles. The summed E-state index contributed by atoms with van der Waals surface area (Å²) in [6.07, 6.45) is 5.08. The van der Waals surface area contributed by atoms with Gasteiger partial charge in [0.1, 0.15) is 29.4 Å².